The summed E-state index contributed by atoms with van der Waals surface area (Å²) >= 11 is 0. The van der Waals surface area contributed by atoms with Gasteiger partial charge in [0, 0.05) is 11.6 Å². The number of carboxylic acid groups (broad SMARTS) is 1. The second kappa shape index (κ2) is 8.21. The highest BCUT2D eigenvalue weighted by Gasteiger charge is 2.08. The van der Waals surface area contributed by atoms with E-state index in [1.54, 1.807) is 54.7 Å². The SMILES string of the molecule is O=C(O)c1cccc(Cn2ccc3cc(OCc4cccc(F)c4)ccc3c2=O)c1. The van der Waals surface area contributed by atoms with Gasteiger partial charge in [-0.1, -0.05) is 24.3 Å². The molecule has 30 heavy (non-hydrogen) atoms. The minimum atomic E-state index is -1.01. The van der Waals surface area contributed by atoms with E-state index in [2.05, 4.69) is 0 Å². The lowest BCUT2D eigenvalue weighted by atomic mass is 10.1. The number of aromatic nitrogens is 1. The van der Waals surface area contributed by atoms with Crippen molar-refractivity contribution in [1.82, 2.24) is 4.57 Å². The van der Waals surface area contributed by atoms with Crippen molar-refractivity contribution in [2.24, 2.45) is 0 Å². The smallest absolute Gasteiger partial charge is 0.335 e. The van der Waals surface area contributed by atoms with E-state index in [9.17, 15) is 14.0 Å². The number of carbonyl (C=O) groups is 1. The summed E-state index contributed by atoms with van der Waals surface area (Å²) in [7, 11) is 0. The first kappa shape index (κ1) is 19.4. The van der Waals surface area contributed by atoms with Crippen molar-refractivity contribution >= 4 is 16.7 Å². The number of halogens is 1. The van der Waals surface area contributed by atoms with Gasteiger partial charge in [0.15, 0.2) is 0 Å². The molecule has 1 N–H and O–H groups in total. The van der Waals surface area contributed by atoms with E-state index >= 15 is 0 Å². The quantitative estimate of drug-likeness (QED) is 0.516. The summed E-state index contributed by atoms with van der Waals surface area (Å²) in [6.45, 7) is 0.494. The number of pyridine rings is 1. The Bertz CT molecular complexity index is 1300. The predicted octanol–water partition coefficient (Wildman–Crippen LogP) is 4.47. The van der Waals surface area contributed by atoms with E-state index < -0.39 is 5.97 Å². The predicted molar refractivity (Wildman–Crippen MR) is 111 cm³/mol. The van der Waals surface area contributed by atoms with E-state index in [4.69, 9.17) is 9.84 Å². The molecule has 0 amide bonds. The molecule has 0 unspecified atom stereocenters. The van der Waals surface area contributed by atoms with E-state index in [1.165, 1.54) is 22.8 Å². The lowest BCUT2D eigenvalue weighted by Gasteiger charge is -2.10. The average Bonchev–Trinajstić information content (AvgIpc) is 2.74. The Hall–Kier alpha value is -3.93. The molecule has 6 heteroatoms. The first-order chi connectivity index (χ1) is 14.5. The Morgan fingerprint density at radius 2 is 1.77 bits per heavy atom. The molecule has 0 fully saturated rings. The minimum Gasteiger partial charge on any atom is -0.489 e. The van der Waals surface area contributed by atoms with Crippen LogP contribution >= 0.6 is 0 Å². The summed E-state index contributed by atoms with van der Waals surface area (Å²) < 4.78 is 20.5. The summed E-state index contributed by atoms with van der Waals surface area (Å²) in [5.74, 6) is -0.740. The molecule has 3 aromatic carbocycles. The molecule has 0 atom stereocenters. The summed E-state index contributed by atoms with van der Waals surface area (Å²) in [6.07, 6.45) is 1.68. The van der Waals surface area contributed by atoms with Gasteiger partial charge >= 0.3 is 5.97 Å². The maximum Gasteiger partial charge on any atom is 0.335 e. The van der Waals surface area contributed by atoms with Crippen LogP contribution in [0.2, 0.25) is 0 Å². The number of ether oxygens (including phenoxy) is 1. The van der Waals surface area contributed by atoms with Crippen LogP contribution in [-0.2, 0) is 13.2 Å². The third-order valence-corrected chi connectivity index (χ3v) is 4.77. The summed E-state index contributed by atoms with van der Waals surface area (Å²) in [5, 5.41) is 10.4. The van der Waals surface area contributed by atoms with Crippen LogP contribution in [0.3, 0.4) is 0 Å². The molecule has 0 aliphatic heterocycles. The van der Waals surface area contributed by atoms with Crippen LogP contribution in [0.1, 0.15) is 21.5 Å². The lowest BCUT2D eigenvalue weighted by molar-refractivity contribution is 0.0696. The van der Waals surface area contributed by atoms with E-state index in [0.717, 1.165) is 10.9 Å². The van der Waals surface area contributed by atoms with Gasteiger partial charge in [-0.2, -0.15) is 0 Å². The zero-order valence-corrected chi connectivity index (χ0v) is 15.9. The molecule has 4 rings (SSSR count). The van der Waals surface area contributed by atoms with E-state index in [1.807, 2.05) is 6.07 Å². The molecule has 5 nitrogen and oxygen atoms in total. The second-order valence-electron chi connectivity index (χ2n) is 6.92. The van der Waals surface area contributed by atoms with Gasteiger partial charge in [-0.05, 0) is 65.0 Å². The third-order valence-electron chi connectivity index (χ3n) is 4.77. The molecule has 0 bridgehead atoms. The van der Waals surface area contributed by atoms with Gasteiger partial charge in [0.1, 0.15) is 18.2 Å². The maximum atomic E-state index is 13.3. The molecule has 0 saturated heterocycles. The van der Waals surface area contributed by atoms with Crippen molar-refractivity contribution in [3.8, 4) is 5.75 Å². The van der Waals surface area contributed by atoms with Gasteiger partial charge in [0.25, 0.3) is 5.56 Å². The molecule has 1 aromatic heterocycles. The number of fused-ring (bicyclic) bond motifs is 1. The molecule has 0 aliphatic rings. The highest BCUT2D eigenvalue weighted by Crippen LogP contribution is 2.20. The van der Waals surface area contributed by atoms with Gasteiger partial charge < -0.3 is 14.4 Å². The van der Waals surface area contributed by atoms with Crippen molar-refractivity contribution in [2.75, 3.05) is 0 Å². The highest BCUT2D eigenvalue weighted by molar-refractivity contribution is 5.87. The number of hydrogen-bond donors (Lipinski definition) is 1. The maximum absolute atomic E-state index is 13.3. The van der Waals surface area contributed by atoms with Crippen molar-refractivity contribution in [3.05, 3.63) is 112 Å². The van der Waals surface area contributed by atoms with Crippen LogP contribution in [0.4, 0.5) is 4.39 Å². The third kappa shape index (κ3) is 4.22. The number of carboxylic acids is 1. The molecule has 1 heterocycles. The highest BCUT2D eigenvalue weighted by atomic mass is 19.1. The zero-order chi connectivity index (χ0) is 21.1. The second-order valence-corrected chi connectivity index (χ2v) is 6.92. The fourth-order valence-electron chi connectivity index (χ4n) is 3.27. The number of aromatic carboxylic acids is 1. The van der Waals surface area contributed by atoms with Crippen LogP contribution in [-0.4, -0.2) is 15.6 Å². The number of benzene rings is 3. The summed E-state index contributed by atoms with van der Waals surface area (Å²) in [5.41, 5.74) is 1.45. The number of nitrogens with zero attached hydrogens (tertiary/aromatic N) is 1. The first-order valence-electron chi connectivity index (χ1n) is 9.32. The summed E-state index contributed by atoms with van der Waals surface area (Å²) in [6, 6.07) is 19.7. The zero-order valence-electron chi connectivity index (χ0n) is 15.9. The van der Waals surface area contributed by atoms with Gasteiger partial charge in [0.05, 0.1) is 12.1 Å². The molecular formula is C24H18FNO4. The van der Waals surface area contributed by atoms with Gasteiger partial charge in [-0.25, -0.2) is 9.18 Å². The largest absolute Gasteiger partial charge is 0.489 e. The number of hydrogen-bond acceptors (Lipinski definition) is 3. The first-order valence-corrected chi connectivity index (χ1v) is 9.32. The standard InChI is InChI=1S/C24H18FNO4/c25-20-6-2-4-17(12-20)15-30-21-7-8-22-18(13-21)9-10-26(23(22)27)14-16-3-1-5-19(11-16)24(28)29/h1-13H,14-15H2,(H,28,29). The molecule has 0 aliphatic carbocycles. The molecule has 0 radical (unpaired) electrons. The molecule has 0 spiro atoms. The van der Waals surface area contributed by atoms with Crippen molar-refractivity contribution in [1.29, 1.82) is 0 Å². The van der Waals surface area contributed by atoms with Crippen LogP contribution in [0.15, 0.2) is 83.8 Å². The van der Waals surface area contributed by atoms with Crippen LogP contribution in [0.25, 0.3) is 10.8 Å². The van der Waals surface area contributed by atoms with Crippen LogP contribution < -0.4 is 10.3 Å². The Kier molecular flexibility index (Phi) is 5.30. The molecule has 0 saturated carbocycles. The molecule has 4 aromatic rings. The topological polar surface area (TPSA) is 68.5 Å². The van der Waals surface area contributed by atoms with Crippen molar-refractivity contribution in [3.63, 3.8) is 0 Å². The van der Waals surface area contributed by atoms with E-state index in [0.29, 0.717) is 16.7 Å². The fraction of sp³-hybridized carbons (Fsp3) is 0.0833. The van der Waals surface area contributed by atoms with Crippen molar-refractivity contribution in [2.45, 2.75) is 13.2 Å². The Labute approximate surface area is 171 Å². The average molecular weight is 403 g/mol. The fourth-order valence-corrected chi connectivity index (χ4v) is 3.27. The van der Waals surface area contributed by atoms with Crippen LogP contribution in [0.5, 0.6) is 5.75 Å². The van der Waals surface area contributed by atoms with Crippen LogP contribution in [0, 0.1) is 5.82 Å². The van der Waals surface area contributed by atoms with E-state index in [-0.39, 0.29) is 30.1 Å². The molecule has 150 valence electrons. The normalized spacial score (nSPS) is 10.8. The van der Waals surface area contributed by atoms with Gasteiger partial charge in [0.2, 0.25) is 0 Å². The Morgan fingerprint density at radius 1 is 0.967 bits per heavy atom. The molecular weight excluding hydrogens is 385 g/mol. The lowest BCUT2D eigenvalue weighted by Crippen LogP contribution is -2.20. The number of rotatable bonds is 6. The monoisotopic (exact) mass is 403 g/mol. The Balaban J connectivity index is 1.56. The Morgan fingerprint density at radius 3 is 2.57 bits per heavy atom. The van der Waals surface area contributed by atoms with Gasteiger partial charge in [-0.3, -0.25) is 4.79 Å². The minimum absolute atomic E-state index is 0.176. The van der Waals surface area contributed by atoms with Crippen molar-refractivity contribution < 1.29 is 19.0 Å². The van der Waals surface area contributed by atoms with Gasteiger partial charge in [-0.15, -0.1) is 0 Å². The summed E-state index contributed by atoms with van der Waals surface area (Å²) in [4.78, 5) is 24.0.